The second-order valence-corrected chi connectivity index (χ2v) is 14.8. The van der Waals surface area contributed by atoms with Gasteiger partial charge in [-0.15, -0.1) is 65.0 Å². The summed E-state index contributed by atoms with van der Waals surface area (Å²) < 4.78 is 0. The summed E-state index contributed by atoms with van der Waals surface area (Å²) in [6, 6.07) is 55.6. The number of benzene rings is 8. The van der Waals surface area contributed by atoms with Crippen LogP contribution in [-0.2, 0) is 40.8 Å². The molecule has 2 atom stereocenters. The molecule has 2 unspecified atom stereocenters. The number of aromatic nitrogens is 6. The fourth-order valence-corrected chi connectivity index (χ4v) is 8.52. The zero-order chi connectivity index (χ0) is 41.2. The van der Waals surface area contributed by atoms with Gasteiger partial charge in [0.05, 0.1) is 11.0 Å². The number of para-hydroxylation sites is 2. The quantitative estimate of drug-likeness (QED) is 0.0851. The zero-order valence-electron chi connectivity index (χ0n) is 33.8. The van der Waals surface area contributed by atoms with Crippen molar-refractivity contribution in [1.82, 2.24) is 29.9 Å². The third-order valence-corrected chi connectivity index (χ3v) is 11.3. The summed E-state index contributed by atoms with van der Waals surface area (Å²) in [6.07, 6.45) is 14.8. The first-order valence-corrected chi connectivity index (χ1v) is 20.4. The Morgan fingerprint density at radius 1 is 0.438 bits per heavy atom. The molecule has 14 rings (SSSR count). The van der Waals surface area contributed by atoms with Crippen molar-refractivity contribution >= 4 is 99.0 Å². The van der Waals surface area contributed by atoms with Crippen molar-refractivity contribution in [3.8, 4) is 0 Å². The van der Waals surface area contributed by atoms with Gasteiger partial charge < -0.3 is 30.2 Å². The maximum atomic E-state index is 4.52. The van der Waals surface area contributed by atoms with E-state index >= 15 is 0 Å². The Morgan fingerprint density at radius 3 is 1.59 bits per heavy atom. The van der Waals surface area contributed by atoms with E-state index in [-0.39, 0.29) is 47.0 Å². The molecule has 2 aliphatic heterocycles. The van der Waals surface area contributed by atoms with Crippen LogP contribution in [0, 0.1) is 12.1 Å². The van der Waals surface area contributed by atoms with Crippen LogP contribution < -0.4 is 4.98 Å². The molecule has 4 aromatic heterocycles. The first kappa shape index (κ1) is 42.3. The van der Waals surface area contributed by atoms with Crippen LogP contribution in [0.2, 0.25) is 0 Å². The molecule has 8 nitrogen and oxygen atoms in total. The Hall–Kier alpha value is -7.04. The molecule has 64 heavy (non-hydrogen) atoms. The molecule has 0 spiro atoms. The molecule has 10 heteroatoms. The van der Waals surface area contributed by atoms with Crippen LogP contribution in [0.3, 0.4) is 0 Å². The Balaban J connectivity index is 0.000000108. The standard InChI is InChI=1S/2C16H9N2.C11H9N2.C11H7N2.2Pd/c2*1-3-7-13-11(5-1)12-6-2-4-8-14(12)16-15(13)17-9-10-18-16;2*1-2-6-10-8(4-1)9-5-3-7-12-11(9)13-10;;/h2*1-7,9-10H;1-7,9,11H;1-7H;;/q4*-1;2*+2. The maximum Gasteiger partial charge on any atom is 2.00 e. The molecule has 0 saturated heterocycles. The van der Waals surface area contributed by atoms with Crippen molar-refractivity contribution in [2.45, 2.75) is 12.1 Å². The van der Waals surface area contributed by atoms with Gasteiger partial charge in [-0.1, -0.05) is 154 Å². The summed E-state index contributed by atoms with van der Waals surface area (Å²) in [5.74, 6) is 0.376. The summed E-state index contributed by atoms with van der Waals surface area (Å²) in [6.45, 7) is 0. The van der Waals surface area contributed by atoms with Crippen LogP contribution in [0.1, 0.15) is 11.5 Å². The molecule has 0 fully saturated rings. The van der Waals surface area contributed by atoms with Crippen molar-refractivity contribution < 1.29 is 40.8 Å². The number of pyridine rings is 1. The fourth-order valence-electron chi connectivity index (χ4n) is 8.52. The molecule has 2 aliphatic rings. The van der Waals surface area contributed by atoms with Gasteiger partial charge in [-0.3, -0.25) is 9.97 Å². The Morgan fingerprint density at radius 2 is 0.953 bits per heavy atom. The van der Waals surface area contributed by atoms with E-state index < -0.39 is 0 Å². The van der Waals surface area contributed by atoms with Gasteiger partial charge in [0.15, 0.2) is 0 Å². The molecule has 0 saturated carbocycles. The van der Waals surface area contributed by atoms with Crippen molar-refractivity contribution in [2.75, 3.05) is 0 Å². The van der Waals surface area contributed by atoms with Crippen LogP contribution in [-0.4, -0.2) is 37.3 Å². The summed E-state index contributed by atoms with van der Waals surface area (Å²) in [7, 11) is 0. The topological polar surface area (TPSA) is 105 Å². The van der Waals surface area contributed by atoms with Crippen LogP contribution in [0.25, 0.3) is 92.4 Å². The van der Waals surface area contributed by atoms with E-state index in [9.17, 15) is 0 Å². The van der Waals surface area contributed by atoms with E-state index in [0.29, 0.717) is 5.92 Å². The monoisotopic (exact) mass is 1010 g/mol. The molecular weight excluding hydrogens is 973 g/mol. The Kier molecular flexibility index (Phi) is 12.4. The number of rotatable bonds is 0. The van der Waals surface area contributed by atoms with Gasteiger partial charge in [0.1, 0.15) is 0 Å². The van der Waals surface area contributed by atoms with E-state index in [4.69, 9.17) is 0 Å². The maximum absolute atomic E-state index is 4.52. The minimum absolute atomic E-state index is 0. The number of fused-ring (bicyclic) bond motifs is 18. The third-order valence-electron chi connectivity index (χ3n) is 11.3. The number of nitrogens with zero attached hydrogens (tertiary/aromatic N) is 8. The summed E-state index contributed by atoms with van der Waals surface area (Å²) >= 11 is 0. The minimum Gasteiger partial charge on any atom is -0.663 e. The summed E-state index contributed by atoms with van der Waals surface area (Å²) in [5.41, 5.74) is 8.01. The molecule has 0 bridgehead atoms. The van der Waals surface area contributed by atoms with Gasteiger partial charge in [-0.25, -0.2) is 0 Å². The average molecular weight is 1010 g/mol. The predicted molar refractivity (Wildman–Crippen MR) is 253 cm³/mol. The normalized spacial score (nSPS) is 14.3. The van der Waals surface area contributed by atoms with Gasteiger partial charge in [-0.05, 0) is 39.3 Å². The Bertz CT molecular complexity index is 3040. The fraction of sp³-hybridized carbons (Fsp3) is 0.0370. The van der Waals surface area contributed by atoms with Crippen molar-refractivity contribution in [3.63, 3.8) is 0 Å². The van der Waals surface area contributed by atoms with Crippen molar-refractivity contribution in [3.05, 3.63) is 212 Å². The van der Waals surface area contributed by atoms with Gasteiger partial charge in [0.25, 0.3) is 0 Å². The molecule has 0 N–H and O–H groups in total. The number of allylic oxidation sites excluding steroid dienone is 1. The van der Waals surface area contributed by atoms with E-state index in [1.807, 2.05) is 79.0 Å². The van der Waals surface area contributed by atoms with E-state index in [0.717, 1.165) is 65.8 Å². The number of hydrogen-bond acceptors (Lipinski definition) is 6. The van der Waals surface area contributed by atoms with Gasteiger partial charge in [0.2, 0.25) is 0 Å². The van der Waals surface area contributed by atoms with Crippen molar-refractivity contribution in [2.24, 2.45) is 4.99 Å². The molecular formula is C54H34N8Pd2. The molecule has 8 aromatic carbocycles. The number of aliphatic imine (C=N–C) groups is 1. The summed E-state index contributed by atoms with van der Waals surface area (Å²) in [4.78, 5) is 30.8. The largest absolute Gasteiger partial charge is 2.00 e. The SMILES string of the molecule is C1=CC2c3ccccc3[N-]C2N=C1.[Pd+2].[Pd+2].[c-]1cccc2c1c1nccnc1c1ccccc21.[c-]1cccc2c1c1nccnc1c1ccccc21.c1ccc2c(c1)[n-]c1ncccc12. The first-order chi connectivity index (χ1) is 30.8. The van der Waals surface area contributed by atoms with E-state index in [2.05, 4.69) is 137 Å². The van der Waals surface area contributed by atoms with Crippen LogP contribution in [0.5, 0.6) is 0 Å². The van der Waals surface area contributed by atoms with Gasteiger partial charge >= 0.3 is 40.8 Å². The van der Waals surface area contributed by atoms with E-state index in [1.54, 1.807) is 31.0 Å². The minimum atomic E-state index is 0. The molecule has 0 amide bonds. The Labute approximate surface area is 396 Å². The number of dihydropyridines is 1. The second kappa shape index (κ2) is 18.7. The van der Waals surface area contributed by atoms with Crippen LogP contribution >= 0.6 is 0 Å². The molecule has 6 heterocycles. The average Bonchev–Trinajstić information content (AvgIpc) is 3.94. The zero-order valence-corrected chi connectivity index (χ0v) is 36.9. The van der Waals surface area contributed by atoms with E-state index in [1.165, 1.54) is 32.5 Å². The molecule has 0 aliphatic carbocycles. The second-order valence-electron chi connectivity index (χ2n) is 14.8. The number of hydrogen-bond donors (Lipinski definition) is 0. The van der Waals surface area contributed by atoms with Crippen LogP contribution in [0.15, 0.2) is 194 Å². The molecule has 310 valence electrons. The summed E-state index contributed by atoms with van der Waals surface area (Å²) in [5, 5.41) is 16.0. The van der Waals surface area contributed by atoms with Crippen molar-refractivity contribution in [1.29, 1.82) is 0 Å². The smallest absolute Gasteiger partial charge is 0.663 e. The predicted octanol–water partition coefficient (Wildman–Crippen LogP) is 12.6. The molecule has 12 aromatic rings. The molecule has 0 radical (unpaired) electrons. The first-order valence-electron chi connectivity index (χ1n) is 20.4. The van der Waals surface area contributed by atoms with Crippen LogP contribution in [0.4, 0.5) is 5.69 Å². The van der Waals surface area contributed by atoms with Gasteiger partial charge in [-0.2, -0.15) is 0 Å². The van der Waals surface area contributed by atoms with Gasteiger partial charge in [0, 0.05) is 48.0 Å². The third kappa shape index (κ3) is 7.83.